The molecule has 1 aromatic carbocycles. The molecule has 106 valence electrons. The van der Waals surface area contributed by atoms with Crippen molar-refractivity contribution >= 4 is 0 Å². The number of nitrogens with two attached hydrogens (primary N) is 1. The number of hydrogen-bond donors (Lipinski definition) is 2. The van der Waals surface area contributed by atoms with Gasteiger partial charge in [0.15, 0.2) is 17.3 Å². The normalized spacial score (nSPS) is 18.3. The predicted octanol–water partition coefficient (Wildman–Crippen LogP) is 2.84. The minimum atomic E-state index is -0.899. The van der Waals surface area contributed by atoms with Gasteiger partial charge in [-0.2, -0.15) is 0 Å². The Labute approximate surface area is 111 Å². The zero-order valence-electron chi connectivity index (χ0n) is 11.0. The summed E-state index contributed by atoms with van der Waals surface area (Å²) < 4.78 is 32.5. The molecule has 5 heteroatoms. The lowest BCUT2D eigenvalue weighted by Crippen LogP contribution is -2.38. The van der Waals surface area contributed by atoms with Crippen LogP contribution in [0.3, 0.4) is 0 Å². The fourth-order valence-corrected chi connectivity index (χ4v) is 3.07. The standard InChI is InChI=1S/C14H19F2NO2/c1-19-13-10(16)7-9(15)11(12(13)18)14(8-17)5-3-2-4-6-14/h7,18H,2-6,8,17H2,1H3. The second-order valence-corrected chi connectivity index (χ2v) is 5.14. The predicted molar refractivity (Wildman–Crippen MR) is 68.4 cm³/mol. The first kappa shape index (κ1) is 14.1. The van der Waals surface area contributed by atoms with Crippen LogP contribution in [0.4, 0.5) is 8.78 Å². The molecule has 0 aliphatic heterocycles. The van der Waals surface area contributed by atoms with Crippen molar-refractivity contribution < 1.29 is 18.6 Å². The minimum Gasteiger partial charge on any atom is -0.504 e. The van der Waals surface area contributed by atoms with Crippen LogP contribution in [0, 0.1) is 11.6 Å². The van der Waals surface area contributed by atoms with Gasteiger partial charge in [-0.1, -0.05) is 19.3 Å². The van der Waals surface area contributed by atoms with Gasteiger partial charge in [-0.3, -0.25) is 0 Å². The maximum absolute atomic E-state index is 14.1. The third-order valence-corrected chi connectivity index (χ3v) is 4.10. The molecule has 3 nitrogen and oxygen atoms in total. The molecule has 1 aromatic rings. The summed E-state index contributed by atoms with van der Waals surface area (Å²) in [4.78, 5) is 0. The van der Waals surface area contributed by atoms with Gasteiger partial charge in [0.1, 0.15) is 5.82 Å². The van der Waals surface area contributed by atoms with Gasteiger partial charge in [-0.15, -0.1) is 0 Å². The maximum Gasteiger partial charge on any atom is 0.197 e. The summed E-state index contributed by atoms with van der Waals surface area (Å²) in [5.41, 5.74) is 5.31. The highest BCUT2D eigenvalue weighted by atomic mass is 19.1. The zero-order valence-corrected chi connectivity index (χ0v) is 11.0. The van der Waals surface area contributed by atoms with Gasteiger partial charge in [0.25, 0.3) is 0 Å². The Hall–Kier alpha value is -1.36. The van der Waals surface area contributed by atoms with E-state index < -0.39 is 22.8 Å². The highest BCUT2D eigenvalue weighted by Crippen LogP contribution is 2.47. The van der Waals surface area contributed by atoms with Gasteiger partial charge < -0.3 is 15.6 Å². The molecule has 0 spiro atoms. The van der Waals surface area contributed by atoms with Crippen LogP contribution in [0.15, 0.2) is 6.07 Å². The van der Waals surface area contributed by atoms with Gasteiger partial charge in [-0.25, -0.2) is 8.78 Å². The van der Waals surface area contributed by atoms with Crippen molar-refractivity contribution in [2.24, 2.45) is 5.73 Å². The van der Waals surface area contributed by atoms with E-state index in [1.807, 2.05) is 0 Å². The maximum atomic E-state index is 14.1. The monoisotopic (exact) mass is 271 g/mol. The number of phenols is 1. The summed E-state index contributed by atoms with van der Waals surface area (Å²) in [5, 5.41) is 10.1. The van der Waals surface area contributed by atoms with Gasteiger partial charge in [-0.05, 0) is 12.8 Å². The lowest BCUT2D eigenvalue weighted by atomic mass is 9.69. The summed E-state index contributed by atoms with van der Waals surface area (Å²) in [6.45, 7) is 0.228. The molecule has 1 saturated carbocycles. The van der Waals surface area contributed by atoms with Crippen LogP contribution in [-0.4, -0.2) is 18.8 Å². The Balaban J connectivity index is 2.59. The van der Waals surface area contributed by atoms with Gasteiger partial charge >= 0.3 is 0 Å². The Kier molecular flexibility index (Phi) is 3.94. The quantitative estimate of drug-likeness (QED) is 0.888. The lowest BCUT2D eigenvalue weighted by molar-refractivity contribution is 0.271. The number of aromatic hydroxyl groups is 1. The minimum absolute atomic E-state index is 0.105. The summed E-state index contributed by atoms with van der Waals surface area (Å²) in [6, 6.07) is 0.764. The molecule has 0 radical (unpaired) electrons. The van der Waals surface area contributed by atoms with E-state index >= 15 is 0 Å². The molecule has 1 aliphatic rings. The molecule has 3 N–H and O–H groups in total. The molecule has 0 aromatic heterocycles. The average Bonchev–Trinajstić information content (AvgIpc) is 2.39. The van der Waals surface area contributed by atoms with Crippen LogP contribution in [0.25, 0.3) is 0 Å². The fraction of sp³-hybridized carbons (Fsp3) is 0.571. The summed E-state index contributed by atoms with van der Waals surface area (Å²) in [6.07, 6.45) is 4.32. The lowest BCUT2D eigenvalue weighted by Gasteiger charge is -2.37. The number of benzene rings is 1. The fourth-order valence-electron chi connectivity index (χ4n) is 3.07. The second kappa shape index (κ2) is 5.33. The van der Waals surface area contributed by atoms with Crippen molar-refractivity contribution in [3.8, 4) is 11.5 Å². The number of rotatable bonds is 3. The molecule has 2 rings (SSSR count). The molecule has 1 fully saturated rings. The number of halogens is 2. The Morgan fingerprint density at radius 3 is 2.42 bits per heavy atom. The Bertz CT molecular complexity index is 471. The van der Waals surface area contributed by atoms with Crippen molar-refractivity contribution in [3.63, 3.8) is 0 Å². The van der Waals surface area contributed by atoms with Crippen molar-refractivity contribution in [2.45, 2.75) is 37.5 Å². The van der Waals surface area contributed by atoms with Crippen LogP contribution in [0.1, 0.15) is 37.7 Å². The van der Waals surface area contributed by atoms with Crippen LogP contribution in [-0.2, 0) is 5.41 Å². The first-order chi connectivity index (χ1) is 9.05. The van der Waals surface area contributed by atoms with E-state index in [9.17, 15) is 13.9 Å². The Morgan fingerprint density at radius 2 is 1.89 bits per heavy atom. The first-order valence-corrected chi connectivity index (χ1v) is 6.51. The van der Waals surface area contributed by atoms with Crippen LogP contribution in [0.2, 0.25) is 0 Å². The van der Waals surface area contributed by atoms with E-state index in [0.717, 1.165) is 25.3 Å². The highest BCUT2D eigenvalue weighted by molar-refractivity contribution is 5.51. The first-order valence-electron chi connectivity index (χ1n) is 6.51. The molecule has 0 unspecified atom stereocenters. The molecule has 1 aliphatic carbocycles. The smallest absolute Gasteiger partial charge is 0.197 e. The van der Waals surface area contributed by atoms with E-state index in [-0.39, 0.29) is 17.9 Å². The van der Waals surface area contributed by atoms with E-state index in [0.29, 0.717) is 12.8 Å². The van der Waals surface area contributed by atoms with Crippen LogP contribution in [0.5, 0.6) is 11.5 Å². The van der Waals surface area contributed by atoms with Crippen molar-refractivity contribution in [2.75, 3.05) is 13.7 Å². The van der Waals surface area contributed by atoms with Gasteiger partial charge in [0.2, 0.25) is 0 Å². The third kappa shape index (κ3) is 2.27. The molecule has 0 bridgehead atoms. The van der Waals surface area contributed by atoms with E-state index in [1.165, 1.54) is 7.11 Å². The number of phenolic OH excluding ortho intramolecular Hbond substituents is 1. The highest BCUT2D eigenvalue weighted by Gasteiger charge is 2.39. The van der Waals surface area contributed by atoms with Crippen molar-refractivity contribution in [1.82, 2.24) is 0 Å². The van der Waals surface area contributed by atoms with E-state index in [2.05, 4.69) is 0 Å². The topological polar surface area (TPSA) is 55.5 Å². The third-order valence-electron chi connectivity index (χ3n) is 4.10. The summed E-state index contributed by atoms with van der Waals surface area (Å²) in [5.74, 6) is -2.41. The molecular formula is C14H19F2NO2. The molecule has 0 saturated heterocycles. The summed E-state index contributed by atoms with van der Waals surface area (Å²) >= 11 is 0. The number of ether oxygens (including phenoxy) is 1. The molecule has 19 heavy (non-hydrogen) atoms. The van der Waals surface area contributed by atoms with Crippen molar-refractivity contribution in [1.29, 1.82) is 0 Å². The van der Waals surface area contributed by atoms with Gasteiger partial charge in [0, 0.05) is 23.6 Å². The zero-order chi connectivity index (χ0) is 14.0. The van der Waals surface area contributed by atoms with Gasteiger partial charge in [0.05, 0.1) is 7.11 Å². The molecular weight excluding hydrogens is 252 g/mol. The second-order valence-electron chi connectivity index (χ2n) is 5.14. The van der Waals surface area contributed by atoms with E-state index in [1.54, 1.807) is 0 Å². The van der Waals surface area contributed by atoms with Crippen LogP contribution >= 0.6 is 0 Å². The molecule has 0 amide bonds. The SMILES string of the molecule is COc1c(F)cc(F)c(C2(CN)CCCCC2)c1O. The summed E-state index contributed by atoms with van der Waals surface area (Å²) in [7, 11) is 1.25. The molecule has 0 heterocycles. The number of hydrogen-bond acceptors (Lipinski definition) is 3. The largest absolute Gasteiger partial charge is 0.504 e. The molecule has 0 atom stereocenters. The number of methoxy groups -OCH3 is 1. The van der Waals surface area contributed by atoms with Crippen LogP contribution < -0.4 is 10.5 Å². The Morgan fingerprint density at radius 1 is 1.26 bits per heavy atom. The van der Waals surface area contributed by atoms with E-state index in [4.69, 9.17) is 10.5 Å². The van der Waals surface area contributed by atoms with Crippen molar-refractivity contribution in [3.05, 3.63) is 23.3 Å². The average molecular weight is 271 g/mol.